The third-order valence-electron chi connectivity index (χ3n) is 3.49. The lowest BCUT2D eigenvalue weighted by Gasteiger charge is -2.20. The van der Waals surface area contributed by atoms with Gasteiger partial charge in [0.15, 0.2) is 0 Å². The van der Waals surface area contributed by atoms with Gasteiger partial charge in [-0.2, -0.15) is 15.0 Å². The first-order chi connectivity index (χ1) is 12.4. The van der Waals surface area contributed by atoms with Gasteiger partial charge in [0.2, 0.25) is 23.7 Å². The molecular weight excluding hydrogens is 334 g/mol. The van der Waals surface area contributed by atoms with Gasteiger partial charge >= 0.3 is 0 Å². The Morgan fingerprint density at radius 1 is 1.04 bits per heavy atom. The number of benzene rings is 1. The fraction of sp³-hybridized carbons (Fsp3) is 0.353. The van der Waals surface area contributed by atoms with Crippen LogP contribution < -0.4 is 21.3 Å². The molecule has 1 aromatic heterocycles. The van der Waals surface area contributed by atoms with Crippen LogP contribution in [0.5, 0.6) is 0 Å². The van der Waals surface area contributed by atoms with Gasteiger partial charge in [0.1, 0.15) is 12.4 Å². The van der Waals surface area contributed by atoms with Gasteiger partial charge in [-0.1, -0.05) is 6.92 Å². The van der Waals surface area contributed by atoms with E-state index in [0.717, 1.165) is 0 Å². The molecule has 4 N–H and O–H groups in total. The molecule has 2 rings (SSSR count). The number of nitrogens with two attached hydrogens (primary N) is 1. The molecule has 0 unspecified atom stereocenters. The summed E-state index contributed by atoms with van der Waals surface area (Å²) in [5.74, 6) is 0.742. The number of hydrogen-bond acceptors (Lipinski definition) is 7. The van der Waals surface area contributed by atoms with Gasteiger partial charge in [-0.05, 0) is 31.2 Å². The number of nitrogen functional groups attached to an aromatic ring is 1. The minimum absolute atomic E-state index is 0.0799. The van der Waals surface area contributed by atoms with Gasteiger partial charge in [-0.3, -0.25) is 9.59 Å². The summed E-state index contributed by atoms with van der Waals surface area (Å²) in [6.45, 7) is 5.89. The largest absolute Gasteiger partial charge is 0.368 e. The number of amides is 2. The maximum absolute atomic E-state index is 12.3. The maximum Gasteiger partial charge on any atom is 0.244 e. The predicted octanol–water partition coefficient (Wildman–Crippen LogP) is 1.44. The van der Waals surface area contributed by atoms with E-state index in [2.05, 4.69) is 25.6 Å². The number of carbonyl (C=O) groups excluding carboxylic acids is 2. The highest BCUT2D eigenvalue weighted by molar-refractivity contribution is 5.94. The Morgan fingerprint density at radius 2 is 1.65 bits per heavy atom. The fourth-order valence-corrected chi connectivity index (χ4v) is 2.26. The topological polar surface area (TPSA) is 126 Å². The third-order valence-corrected chi connectivity index (χ3v) is 3.49. The Kier molecular flexibility index (Phi) is 6.42. The van der Waals surface area contributed by atoms with E-state index < -0.39 is 0 Å². The molecule has 0 aliphatic rings. The molecule has 0 aliphatic carbocycles. The van der Waals surface area contributed by atoms with Gasteiger partial charge in [0.25, 0.3) is 0 Å². The van der Waals surface area contributed by atoms with Crippen LogP contribution in [-0.2, 0) is 16.0 Å². The van der Waals surface area contributed by atoms with Crippen molar-refractivity contribution in [3.63, 3.8) is 0 Å². The minimum atomic E-state index is -0.212. The molecule has 0 bridgehead atoms. The number of anilines is 4. The number of rotatable bonds is 7. The molecular formula is C17H23N7O2. The van der Waals surface area contributed by atoms with Crippen LogP contribution in [0, 0.1) is 0 Å². The Hall–Kier alpha value is -3.23. The highest BCUT2D eigenvalue weighted by Crippen LogP contribution is 2.14. The van der Waals surface area contributed by atoms with Crippen molar-refractivity contribution in [3.05, 3.63) is 30.1 Å². The number of hydrogen-bond donors (Lipinski definition) is 3. The van der Waals surface area contributed by atoms with E-state index in [9.17, 15) is 9.59 Å². The highest BCUT2D eigenvalue weighted by atomic mass is 16.2. The smallest absolute Gasteiger partial charge is 0.244 e. The average Bonchev–Trinajstić information content (AvgIpc) is 2.60. The maximum atomic E-state index is 12.3. The fourth-order valence-electron chi connectivity index (χ4n) is 2.26. The standard InChI is InChI=1S/C17H23N7O2/c1-4-14-21-16(18)23-17(22-14)24(5-2)10-15(26)20-13-8-6-12(7-9-13)19-11(3)25/h6-9H,4-5,10H2,1-3H3,(H,19,25)(H,20,26)(H2,18,21,22,23). The molecule has 2 amide bonds. The second kappa shape index (κ2) is 8.75. The van der Waals surface area contributed by atoms with E-state index in [4.69, 9.17) is 5.73 Å². The zero-order valence-electron chi connectivity index (χ0n) is 15.1. The lowest BCUT2D eigenvalue weighted by Crippen LogP contribution is -2.34. The van der Waals surface area contributed by atoms with E-state index in [1.165, 1.54) is 6.92 Å². The average molecular weight is 357 g/mol. The van der Waals surface area contributed by atoms with Crippen molar-refractivity contribution in [1.82, 2.24) is 15.0 Å². The van der Waals surface area contributed by atoms with E-state index >= 15 is 0 Å². The zero-order chi connectivity index (χ0) is 19.1. The predicted molar refractivity (Wildman–Crippen MR) is 101 cm³/mol. The van der Waals surface area contributed by atoms with Crippen LogP contribution in [0.15, 0.2) is 24.3 Å². The van der Waals surface area contributed by atoms with Crippen LogP contribution in [0.1, 0.15) is 26.6 Å². The lowest BCUT2D eigenvalue weighted by atomic mass is 10.2. The molecule has 9 heteroatoms. The SMILES string of the molecule is CCc1nc(N)nc(N(CC)CC(=O)Nc2ccc(NC(C)=O)cc2)n1. The summed E-state index contributed by atoms with van der Waals surface area (Å²) < 4.78 is 0. The summed E-state index contributed by atoms with van der Waals surface area (Å²) in [4.78, 5) is 37.6. The molecule has 9 nitrogen and oxygen atoms in total. The van der Waals surface area contributed by atoms with Gasteiger partial charge in [0, 0.05) is 31.3 Å². The van der Waals surface area contributed by atoms with Gasteiger partial charge in [-0.15, -0.1) is 0 Å². The van der Waals surface area contributed by atoms with Crippen molar-refractivity contribution in [2.75, 3.05) is 34.4 Å². The molecule has 1 heterocycles. The van der Waals surface area contributed by atoms with Crippen molar-refractivity contribution in [1.29, 1.82) is 0 Å². The quantitative estimate of drug-likeness (QED) is 0.684. The van der Waals surface area contributed by atoms with Crippen LogP contribution in [0.3, 0.4) is 0 Å². The zero-order valence-corrected chi connectivity index (χ0v) is 15.1. The molecule has 0 fully saturated rings. The Morgan fingerprint density at radius 3 is 2.19 bits per heavy atom. The van der Waals surface area contributed by atoms with E-state index in [0.29, 0.717) is 36.1 Å². The minimum Gasteiger partial charge on any atom is -0.368 e. The number of likely N-dealkylation sites (N-methyl/N-ethyl adjacent to an activating group) is 1. The van der Waals surface area contributed by atoms with Crippen LogP contribution in [0.25, 0.3) is 0 Å². The molecule has 0 atom stereocenters. The van der Waals surface area contributed by atoms with Crippen LogP contribution in [0.2, 0.25) is 0 Å². The molecule has 0 spiro atoms. The van der Waals surface area contributed by atoms with Gasteiger partial charge in [0.05, 0.1) is 0 Å². The summed E-state index contributed by atoms with van der Waals surface area (Å²) in [6, 6.07) is 6.87. The van der Waals surface area contributed by atoms with E-state index in [-0.39, 0.29) is 24.3 Å². The molecule has 0 saturated heterocycles. The van der Waals surface area contributed by atoms with Crippen molar-refractivity contribution in [3.8, 4) is 0 Å². The number of nitrogens with one attached hydrogen (secondary N) is 2. The third kappa shape index (κ3) is 5.40. The first-order valence-corrected chi connectivity index (χ1v) is 8.34. The summed E-state index contributed by atoms with van der Waals surface area (Å²) in [5.41, 5.74) is 7.01. The molecule has 0 saturated carbocycles. The lowest BCUT2D eigenvalue weighted by molar-refractivity contribution is -0.115. The van der Waals surface area contributed by atoms with Gasteiger partial charge in [-0.25, -0.2) is 0 Å². The van der Waals surface area contributed by atoms with Crippen LogP contribution in [0.4, 0.5) is 23.3 Å². The molecule has 2 aromatic rings. The van der Waals surface area contributed by atoms with Crippen molar-refractivity contribution < 1.29 is 9.59 Å². The van der Waals surface area contributed by atoms with E-state index in [1.54, 1.807) is 29.2 Å². The molecule has 1 aromatic carbocycles. The first kappa shape index (κ1) is 19.1. The summed E-state index contributed by atoms with van der Waals surface area (Å²) in [7, 11) is 0. The monoisotopic (exact) mass is 357 g/mol. The number of carbonyl (C=O) groups is 2. The van der Waals surface area contributed by atoms with E-state index in [1.807, 2.05) is 13.8 Å². The van der Waals surface area contributed by atoms with Gasteiger partial charge < -0.3 is 21.3 Å². The molecule has 0 radical (unpaired) electrons. The number of aryl methyl sites for hydroxylation is 1. The van der Waals surface area contributed by atoms with Crippen molar-refractivity contribution in [2.45, 2.75) is 27.2 Å². The van der Waals surface area contributed by atoms with Crippen LogP contribution >= 0.6 is 0 Å². The van der Waals surface area contributed by atoms with Crippen molar-refractivity contribution in [2.24, 2.45) is 0 Å². The Bertz CT molecular complexity index is 777. The summed E-state index contributed by atoms with van der Waals surface area (Å²) >= 11 is 0. The molecule has 0 aliphatic heterocycles. The Labute approximate surface area is 152 Å². The molecule has 138 valence electrons. The normalized spacial score (nSPS) is 10.3. The first-order valence-electron chi connectivity index (χ1n) is 8.34. The van der Waals surface area contributed by atoms with Crippen LogP contribution in [-0.4, -0.2) is 39.9 Å². The highest BCUT2D eigenvalue weighted by Gasteiger charge is 2.14. The second-order valence-electron chi connectivity index (χ2n) is 5.58. The summed E-state index contributed by atoms with van der Waals surface area (Å²) in [5, 5.41) is 5.47. The number of aromatic nitrogens is 3. The second-order valence-corrected chi connectivity index (χ2v) is 5.58. The molecule has 26 heavy (non-hydrogen) atoms. The number of nitrogens with zero attached hydrogens (tertiary/aromatic N) is 4. The summed E-state index contributed by atoms with van der Waals surface area (Å²) in [6.07, 6.45) is 0.629. The Balaban J connectivity index is 2.03. The van der Waals surface area contributed by atoms with Crippen molar-refractivity contribution >= 4 is 35.1 Å².